The molecule has 2 aromatic carbocycles. The lowest BCUT2D eigenvalue weighted by molar-refractivity contribution is 0.398. The number of benzene rings is 2. The van der Waals surface area contributed by atoms with Crippen molar-refractivity contribution in [3.63, 3.8) is 0 Å². The van der Waals surface area contributed by atoms with Crippen LogP contribution in [0.1, 0.15) is 11.1 Å². The zero-order valence-electron chi connectivity index (χ0n) is 19.6. The van der Waals surface area contributed by atoms with Crippen LogP contribution in [-0.4, -0.2) is 31.2 Å². The lowest BCUT2D eigenvalue weighted by Crippen LogP contribution is -1.96. The number of rotatable bonds is 5. The van der Waals surface area contributed by atoms with Crippen LogP contribution in [0.4, 0.5) is 11.4 Å². The van der Waals surface area contributed by atoms with Crippen molar-refractivity contribution in [1.82, 2.24) is 9.97 Å². The molecule has 0 amide bonds. The molecule has 0 saturated heterocycles. The molecular weight excluding hydrogens is 432 g/mol. The fourth-order valence-corrected chi connectivity index (χ4v) is 3.73. The van der Waals surface area contributed by atoms with Crippen molar-refractivity contribution in [2.24, 2.45) is 0 Å². The number of aryl methyl sites for hydroxylation is 2. The van der Waals surface area contributed by atoms with Crippen LogP contribution in [0.3, 0.4) is 0 Å². The number of anilines is 2. The Morgan fingerprint density at radius 1 is 0.697 bits per heavy atom. The normalized spacial score (nSPS) is 10.1. The molecule has 0 unspecified atom stereocenters. The number of methoxy groups -OCH3 is 1. The number of hydrogen-bond acceptors (Lipinski definition) is 5. The van der Waals surface area contributed by atoms with Crippen molar-refractivity contribution in [2.75, 3.05) is 31.8 Å². The smallest absolute Gasteiger partial charge is 0.213 e. The Bertz CT molecular complexity index is 1230. The molecule has 0 aliphatic heterocycles. The predicted octanol–water partition coefficient (Wildman–Crippen LogP) is 6.86. The van der Waals surface area contributed by atoms with Gasteiger partial charge in [-0.3, -0.25) is 0 Å². The average molecular weight is 461 g/mol. The van der Waals surface area contributed by atoms with E-state index < -0.39 is 0 Å². The lowest BCUT2D eigenvalue weighted by Gasteiger charge is -2.12. The second kappa shape index (κ2) is 11.3. The molecule has 170 valence electrons. The van der Waals surface area contributed by atoms with Gasteiger partial charge in [-0.05, 0) is 42.2 Å². The first kappa shape index (κ1) is 24.1. The summed E-state index contributed by atoms with van der Waals surface area (Å²) >= 11 is 5.94. The maximum absolute atomic E-state index is 5.94. The maximum Gasteiger partial charge on any atom is 0.213 e. The summed E-state index contributed by atoms with van der Waals surface area (Å²) in [5.41, 5.74) is 9.00. The van der Waals surface area contributed by atoms with E-state index in [1.54, 1.807) is 19.5 Å². The van der Waals surface area contributed by atoms with Crippen LogP contribution in [0.25, 0.3) is 22.3 Å². The molecule has 0 spiro atoms. The van der Waals surface area contributed by atoms with Gasteiger partial charge < -0.3 is 15.4 Å². The van der Waals surface area contributed by atoms with E-state index in [0.717, 1.165) is 22.5 Å². The Hall–Kier alpha value is -3.57. The Balaban J connectivity index is 0.000000186. The number of aromatic nitrogens is 2. The average Bonchev–Trinajstić information content (AvgIpc) is 2.84. The van der Waals surface area contributed by atoms with Gasteiger partial charge in [0.05, 0.1) is 30.9 Å². The highest BCUT2D eigenvalue weighted by Gasteiger charge is 2.09. The second-order valence-electron chi connectivity index (χ2n) is 7.45. The molecule has 4 aromatic rings. The van der Waals surface area contributed by atoms with Gasteiger partial charge in [0.15, 0.2) is 0 Å². The van der Waals surface area contributed by atoms with E-state index in [1.807, 2.05) is 50.5 Å². The SMILES string of the molecule is CNc1cnc(Cl)cc1-c1ccccc1C.CNc1cnc(OC)cc1-c1ccccc1C. The molecule has 2 aromatic heterocycles. The number of halogens is 1. The molecule has 0 fully saturated rings. The van der Waals surface area contributed by atoms with E-state index in [-0.39, 0.29) is 0 Å². The fourth-order valence-electron chi connectivity index (χ4n) is 3.57. The first-order valence-corrected chi connectivity index (χ1v) is 11.0. The monoisotopic (exact) mass is 460 g/mol. The van der Waals surface area contributed by atoms with Gasteiger partial charge in [-0.25, -0.2) is 9.97 Å². The van der Waals surface area contributed by atoms with E-state index in [2.05, 4.69) is 58.7 Å². The molecule has 0 radical (unpaired) electrons. The van der Waals surface area contributed by atoms with Crippen molar-refractivity contribution in [2.45, 2.75) is 13.8 Å². The zero-order chi connectivity index (χ0) is 23.8. The standard InChI is InChI=1S/C14H16N2O.C13H13ClN2/c1-10-6-4-5-7-11(10)12-8-14(17-3)16-9-13(12)15-2;1-9-5-3-4-6-10(9)11-7-13(14)16-8-12(11)15-2/h4-9,15H,1-3H3;3-8,15H,1-2H3. The number of pyridine rings is 2. The van der Waals surface area contributed by atoms with Gasteiger partial charge in [-0.15, -0.1) is 0 Å². The third-order valence-corrected chi connectivity index (χ3v) is 5.57. The van der Waals surface area contributed by atoms with Crippen molar-refractivity contribution in [3.8, 4) is 28.1 Å². The van der Waals surface area contributed by atoms with Crippen molar-refractivity contribution in [1.29, 1.82) is 0 Å². The summed E-state index contributed by atoms with van der Waals surface area (Å²) in [5, 5.41) is 6.79. The summed E-state index contributed by atoms with van der Waals surface area (Å²) in [6.07, 6.45) is 3.55. The maximum atomic E-state index is 5.94. The van der Waals surface area contributed by atoms with Crippen molar-refractivity contribution < 1.29 is 4.74 Å². The van der Waals surface area contributed by atoms with Crippen LogP contribution in [0.2, 0.25) is 5.15 Å². The van der Waals surface area contributed by atoms with Crippen molar-refractivity contribution >= 4 is 23.0 Å². The van der Waals surface area contributed by atoms with Gasteiger partial charge in [0.25, 0.3) is 0 Å². The minimum absolute atomic E-state index is 0.511. The quantitative estimate of drug-likeness (QED) is 0.318. The molecule has 0 bridgehead atoms. The number of hydrogen-bond donors (Lipinski definition) is 2. The van der Waals surface area contributed by atoms with Crippen molar-refractivity contribution in [3.05, 3.63) is 89.3 Å². The zero-order valence-corrected chi connectivity index (χ0v) is 20.4. The fraction of sp³-hybridized carbons (Fsp3) is 0.185. The first-order chi connectivity index (χ1) is 16.0. The van der Waals surface area contributed by atoms with E-state index in [4.69, 9.17) is 16.3 Å². The lowest BCUT2D eigenvalue weighted by atomic mass is 10.0. The largest absolute Gasteiger partial charge is 0.481 e. The van der Waals surface area contributed by atoms with E-state index in [1.165, 1.54) is 22.3 Å². The van der Waals surface area contributed by atoms with Crippen LogP contribution in [0.15, 0.2) is 73.1 Å². The minimum Gasteiger partial charge on any atom is -0.481 e. The van der Waals surface area contributed by atoms with Gasteiger partial charge in [0.1, 0.15) is 5.15 Å². The number of nitrogens with zero attached hydrogens (tertiary/aromatic N) is 2. The summed E-state index contributed by atoms with van der Waals surface area (Å²) in [5.74, 6) is 0.627. The molecule has 0 saturated carbocycles. The van der Waals surface area contributed by atoms with Gasteiger partial charge in [0.2, 0.25) is 5.88 Å². The highest BCUT2D eigenvalue weighted by atomic mass is 35.5. The van der Waals surface area contributed by atoms with Gasteiger partial charge in [-0.2, -0.15) is 0 Å². The Morgan fingerprint density at radius 2 is 1.18 bits per heavy atom. The molecule has 2 N–H and O–H groups in total. The molecule has 4 rings (SSSR count). The van der Waals surface area contributed by atoms with Crippen LogP contribution in [0.5, 0.6) is 5.88 Å². The minimum atomic E-state index is 0.511. The van der Waals surface area contributed by atoms with Crippen LogP contribution < -0.4 is 15.4 Å². The molecule has 5 nitrogen and oxygen atoms in total. The summed E-state index contributed by atoms with van der Waals surface area (Å²) in [7, 11) is 5.40. The Kier molecular flexibility index (Phi) is 8.28. The van der Waals surface area contributed by atoms with E-state index >= 15 is 0 Å². The highest BCUT2D eigenvalue weighted by Crippen LogP contribution is 2.32. The summed E-state index contributed by atoms with van der Waals surface area (Å²) in [6.45, 7) is 4.19. The third-order valence-electron chi connectivity index (χ3n) is 5.37. The predicted molar refractivity (Wildman–Crippen MR) is 139 cm³/mol. The Labute approximate surface area is 200 Å². The molecular formula is C27H29ClN4O. The van der Waals surface area contributed by atoms with Gasteiger partial charge in [0, 0.05) is 31.3 Å². The van der Waals surface area contributed by atoms with Crippen LogP contribution in [0, 0.1) is 13.8 Å². The molecule has 6 heteroatoms. The number of ether oxygens (including phenoxy) is 1. The third kappa shape index (κ3) is 5.82. The van der Waals surface area contributed by atoms with E-state index in [9.17, 15) is 0 Å². The van der Waals surface area contributed by atoms with Crippen LogP contribution in [-0.2, 0) is 0 Å². The molecule has 0 aliphatic rings. The molecule has 2 heterocycles. The topological polar surface area (TPSA) is 59.1 Å². The molecule has 33 heavy (non-hydrogen) atoms. The highest BCUT2D eigenvalue weighted by molar-refractivity contribution is 6.29. The Morgan fingerprint density at radius 3 is 1.67 bits per heavy atom. The number of nitrogens with one attached hydrogen (secondary N) is 2. The summed E-state index contributed by atoms with van der Waals surface area (Å²) in [4.78, 5) is 8.27. The summed E-state index contributed by atoms with van der Waals surface area (Å²) in [6, 6.07) is 20.3. The summed E-state index contributed by atoms with van der Waals surface area (Å²) < 4.78 is 5.18. The molecule has 0 atom stereocenters. The first-order valence-electron chi connectivity index (χ1n) is 10.7. The second-order valence-corrected chi connectivity index (χ2v) is 7.84. The van der Waals surface area contributed by atoms with Gasteiger partial charge in [-0.1, -0.05) is 60.1 Å². The molecule has 0 aliphatic carbocycles. The van der Waals surface area contributed by atoms with Gasteiger partial charge >= 0.3 is 0 Å². The van der Waals surface area contributed by atoms with E-state index in [0.29, 0.717) is 11.0 Å². The van der Waals surface area contributed by atoms with Crippen LogP contribution >= 0.6 is 11.6 Å².